The number of benzene rings is 1. The lowest BCUT2D eigenvalue weighted by Crippen LogP contribution is -2.53. The number of aliphatic imine (C=N–C) groups is 1. The molecular formula is C24H37IN4O4. The highest BCUT2D eigenvalue weighted by atomic mass is 127. The van der Waals surface area contributed by atoms with E-state index in [0.717, 1.165) is 64.3 Å². The Balaban J connectivity index is 0.00000306. The van der Waals surface area contributed by atoms with Crippen LogP contribution in [0.25, 0.3) is 0 Å². The molecule has 9 heteroatoms. The molecule has 3 aliphatic rings. The number of amides is 1. The van der Waals surface area contributed by atoms with Crippen LogP contribution in [0.5, 0.6) is 5.75 Å². The summed E-state index contributed by atoms with van der Waals surface area (Å²) in [4.78, 5) is 18.9. The molecule has 1 aromatic carbocycles. The predicted octanol–water partition coefficient (Wildman–Crippen LogP) is 2.35. The van der Waals surface area contributed by atoms with Crippen LogP contribution in [0.2, 0.25) is 0 Å². The maximum absolute atomic E-state index is 11.7. The topological polar surface area (TPSA) is 84.4 Å². The van der Waals surface area contributed by atoms with E-state index in [1.165, 1.54) is 5.56 Å². The Hall–Kier alpha value is -1.59. The molecule has 2 aliphatic heterocycles. The Labute approximate surface area is 213 Å². The second kappa shape index (κ2) is 13.3. The van der Waals surface area contributed by atoms with Gasteiger partial charge < -0.3 is 29.7 Å². The van der Waals surface area contributed by atoms with Gasteiger partial charge in [-0.15, -0.1) is 24.0 Å². The van der Waals surface area contributed by atoms with Crippen LogP contribution in [-0.4, -0.2) is 81.0 Å². The van der Waals surface area contributed by atoms with Gasteiger partial charge in [-0.2, -0.15) is 0 Å². The first-order valence-corrected chi connectivity index (χ1v) is 12.0. The van der Waals surface area contributed by atoms with E-state index < -0.39 is 0 Å². The molecule has 0 spiro atoms. The van der Waals surface area contributed by atoms with Crippen molar-refractivity contribution in [3.8, 4) is 5.75 Å². The van der Waals surface area contributed by atoms with Crippen molar-refractivity contribution >= 4 is 35.8 Å². The van der Waals surface area contributed by atoms with Crippen molar-refractivity contribution in [1.29, 1.82) is 0 Å². The third kappa shape index (κ3) is 8.29. The van der Waals surface area contributed by atoms with Crippen LogP contribution >= 0.6 is 24.0 Å². The van der Waals surface area contributed by atoms with Crippen molar-refractivity contribution in [2.24, 2.45) is 4.99 Å². The van der Waals surface area contributed by atoms with Gasteiger partial charge in [-0.3, -0.25) is 9.79 Å². The molecule has 2 heterocycles. The van der Waals surface area contributed by atoms with E-state index in [1.807, 2.05) is 24.3 Å². The quantitative estimate of drug-likeness (QED) is 0.269. The summed E-state index contributed by atoms with van der Waals surface area (Å²) in [5, 5.41) is 6.35. The average Bonchev–Trinajstić information content (AvgIpc) is 3.45. The molecule has 184 valence electrons. The van der Waals surface area contributed by atoms with E-state index in [9.17, 15) is 4.79 Å². The number of ether oxygens (including phenoxy) is 3. The van der Waals surface area contributed by atoms with Crippen molar-refractivity contribution in [2.45, 2.75) is 57.3 Å². The molecule has 0 radical (unpaired) electrons. The van der Waals surface area contributed by atoms with Gasteiger partial charge in [0.25, 0.3) is 5.91 Å². The fraction of sp³-hybridized carbons (Fsp3) is 0.667. The summed E-state index contributed by atoms with van der Waals surface area (Å²) >= 11 is 0. The number of rotatable bonds is 9. The van der Waals surface area contributed by atoms with Gasteiger partial charge in [0.2, 0.25) is 0 Å². The molecule has 2 saturated heterocycles. The van der Waals surface area contributed by atoms with Crippen LogP contribution in [0.3, 0.4) is 0 Å². The van der Waals surface area contributed by atoms with Gasteiger partial charge in [0.1, 0.15) is 11.9 Å². The fourth-order valence-corrected chi connectivity index (χ4v) is 4.10. The number of hydrogen-bond donors (Lipinski definition) is 2. The largest absolute Gasteiger partial charge is 0.484 e. The van der Waals surface area contributed by atoms with Crippen molar-refractivity contribution in [1.82, 2.24) is 15.5 Å². The summed E-state index contributed by atoms with van der Waals surface area (Å²) < 4.78 is 17.4. The standard InChI is InChI=1S/C24H36N4O4.HI/c1-2-25-24(28-13-15-31-22(16-28)21-4-3-14-30-21)26-12-11-18-5-9-20(10-6-18)32-17-23(29)27-19-7-8-19;/h5-6,9-10,19,21-22H,2-4,7-8,11-17H2,1H3,(H,25,26)(H,27,29);1H. The maximum Gasteiger partial charge on any atom is 0.258 e. The summed E-state index contributed by atoms with van der Waals surface area (Å²) in [6.07, 6.45) is 5.54. The third-order valence-corrected chi connectivity index (χ3v) is 6.01. The number of hydrogen-bond acceptors (Lipinski definition) is 5. The molecule has 33 heavy (non-hydrogen) atoms. The van der Waals surface area contributed by atoms with Crippen LogP contribution in [-0.2, 0) is 20.7 Å². The molecule has 1 amide bonds. The van der Waals surface area contributed by atoms with E-state index in [4.69, 9.17) is 19.2 Å². The lowest BCUT2D eigenvalue weighted by Gasteiger charge is -2.37. The molecule has 2 unspecified atom stereocenters. The second-order valence-electron chi connectivity index (χ2n) is 8.67. The average molecular weight is 572 g/mol. The highest BCUT2D eigenvalue weighted by Gasteiger charge is 2.32. The second-order valence-corrected chi connectivity index (χ2v) is 8.67. The molecule has 4 rings (SSSR count). The van der Waals surface area contributed by atoms with Crippen LogP contribution in [0.15, 0.2) is 29.3 Å². The molecule has 0 bridgehead atoms. The molecule has 2 atom stereocenters. The summed E-state index contributed by atoms with van der Waals surface area (Å²) in [7, 11) is 0. The zero-order valence-corrected chi connectivity index (χ0v) is 21.8. The van der Waals surface area contributed by atoms with E-state index >= 15 is 0 Å². The predicted molar refractivity (Wildman–Crippen MR) is 138 cm³/mol. The Morgan fingerprint density at radius 1 is 1.15 bits per heavy atom. The Morgan fingerprint density at radius 2 is 1.94 bits per heavy atom. The number of halogens is 1. The van der Waals surface area contributed by atoms with Gasteiger partial charge >= 0.3 is 0 Å². The SMILES string of the molecule is CCNC(=NCCc1ccc(OCC(=O)NC2CC2)cc1)N1CCOC(C2CCCO2)C1.I. The normalized spacial score (nSPS) is 23.1. The monoisotopic (exact) mass is 572 g/mol. The van der Waals surface area contributed by atoms with Gasteiger partial charge in [-0.05, 0) is 56.7 Å². The van der Waals surface area contributed by atoms with Gasteiger partial charge in [0.15, 0.2) is 12.6 Å². The van der Waals surface area contributed by atoms with Crippen LogP contribution in [0.4, 0.5) is 0 Å². The van der Waals surface area contributed by atoms with Gasteiger partial charge in [-0.25, -0.2) is 0 Å². The molecule has 1 saturated carbocycles. The first-order valence-electron chi connectivity index (χ1n) is 12.0. The summed E-state index contributed by atoms with van der Waals surface area (Å²) in [5.74, 6) is 1.61. The minimum atomic E-state index is -0.0493. The van der Waals surface area contributed by atoms with Gasteiger partial charge in [0.05, 0.1) is 12.7 Å². The highest BCUT2D eigenvalue weighted by molar-refractivity contribution is 14.0. The Kier molecular flexibility index (Phi) is 10.5. The minimum Gasteiger partial charge on any atom is -0.484 e. The van der Waals surface area contributed by atoms with Crippen molar-refractivity contribution in [3.05, 3.63) is 29.8 Å². The molecular weight excluding hydrogens is 535 g/mol. The van der Waals surface area contributed by atoms with Gasteiger partial charge in [-0.1, -0.05) is 12.1 Å². The van der Waals surface area contributed by atoms with E-state index in [-0.39, 0.29) is 48.7 Å². The molecule has 8 nitrogen and oxygen atoms in total. The zero-order valence-electron chi connectivity index (χ0n) is 19.5. The molecule has 0 aromatic heterocycles. The van der Waals surface area contributed by atoms with E-state index in [2.05, 4.69) is 22.5 Å². The first-order chi connectivity index (χ1) is 15.7. The summed E-state index contributed by atoms with van der Waals surface area (Å²) in [6.45, 7) is 6.91. The fourth-order valence-electron chi connectivity index (χ4n) is 4.10. The smallest absolute Gasteiger partial charge is 0.258 e. The molecule has 2 N–H and O–H groups in total. The van der Waals surface area contributed by atoms with Crippen LogP contribution in [0.1, 0.15) is 38.2 Å². The highest BCUT2D eigenvalue weighted by Crippen LogP contribution is 2.21. The molecule has 1 aliphatic carbocycles. The first kappa shape index (κ1) is 26.0. The number of guanidine groups is 1. The van der Waals surface area contributed by atoms with Gasteiger partial charge in [0, 0.05) is 38.8 Å². The molecule has 1 aromatic rings. The van der Waals surface area contributed by atoms with Crippen molar-refractivity contribution in [3.63, 3.8) is 0 Å². The van der Waals surface area contributed by atoms with Crippen molar-refractivity contribution < 1.29 is 19.0 Å². The number of carbonyl (C=O) groups is 1. The third-order valence-electron chi connectivity index (χ3n) is 6.01. The van der Waals surface area contributed by atoms with Crippen molar-refractivity contribution in [2.75, 3.05) is 46.0 Å². The Morgan fingerprint density at radius 3 is 2.64 bits per heavy atom. The van der Waals surface area contributed by atoms with E-state index in [1.54, 1.807) is 0 Å². The maximum atomic E-state index is 11.7. The molecule has 3 fully saturated rings. The van der Waals surface area contributed by atoms with Crippen LogP contribution in [0, 0.1) is 0 Å². The lowest BCUT2D eigenvalue weighted by molar-refractivity contribution is -0.123. The Bertz CT molecular complexity index is 766. The summed E-state index contributed by atoms with van der Waals surface area (Å²) in [6, 6.07) is 8.28. The van der Waals surface area contributed by atoms with Crippen LogP contribution < -0.4 is 15.4 Å². The van der Waals surface area contributed by atoms with E-state index in [0.29, 0.717) is 24.9 Å². The minimum absolute atomic E-state index is 0. The lowest BCUT2D eigenvalue weighted by atomic mass is 10.1. The number of morpholine rings is 1. The zero-order chi connectivity index (χ0) is 22.2. The number of nitrogens with one attached hydrogen (secondary N) is 2. The summed E-state index contributed by atoms with van der Waals surface area (Å²) in [5.41, 5.74) is 1.19. The number of nitrogens with zero attached hydrogens (tertiary/aromatic N) is 2. The number of carbonyl (C=O) groups excluding carboxylic acids is 1.